The second kappa shape index (κ2) is 9.64. The highest BCUT2D eigenvalue weighted by Crippen LogP contribution is 2.24. The Labute approximate surface area is 166 Å². The van der Waals surface area contributed by atoms with Gasteiger partial charge in [0.15, 0.2) is 5.11 Å². The number of nitrogens with one attached hydrogen (secondary N) is 2. The number of ether oxygens (including phenoxy) is 1. The van der Waals surface area contributed by atoms with Crippen LogP contribution in [-0.4, -0.2) is 17.6 Å². The molecular weight excluding hydrogens is 419 g/mol. The number of hydrogen-bond donors (Lipinski definition) is 2. The smallest absolute Gasteiger partial charge is 0.261 e. The number of halogens is 2. The van der Waals surface area contributed by atoms with Crippen molar-refractivity contribution in [2.75, 3.05) is 11.9 Å². The Bertz CT molecular complexity index is 799. The van der Waals surface area contributed by atoms with Crippen LogP contribution in [0.3, 0.4) is 0 Å². The van der Waals surface area contributed by atoms with Gasteiger partial charge in [0.25, 0.3) is 5.91 Å². The molecule has 0 unspecified atom stereocenters. The number of carbonyl (C=O) groups excluding carboxylic acids is 1. The van der Waals surface area contributed by atoms with Crippen LogP contribution in [0.2, 0.25) is 0 Å². The summed E-state index contributed by atoms with van der Waals surface area (Å²) in [6.07, 6.45) is 0.879. The first kappa shape index (κ1) is 20.3. The van der Waals surface area contributed by atoms with E-state index in [0.29, 0.717) is 23.8 Å². The number of anilines is 1. The lowest BCUT2D eigenvalue weighted by Gasteiger charge is -2.14. The standard InChI is InChI=1S/C19H20BrFN2O2S/c1-12(2)9-10-25-17-8-7-13(20)11-14(17)18(24)23-19(26)22-16-6-4-3-5-15(16)21/h3-8,11-12H,9-10H2,1-2H3,(H2,22,23,24,26). The summed E-state index contributed by atoms with van der Waals surface area (Å²) in [5.41, 5.74) is 0.543. The summed E-state index contributed by atoms with van der Waals surface area (Å²) in [5, 5.41) is 5.24. The molecule has 0 saturated heterocycles. The second-order valence-electron chi connectivity index (χ2n) is 6.06. The molecule has 0 fully saturated rings. The molecular formula is C19H20BrFN2O2S. The van der Waals surface area contributed by atoms with Gasteiger partial charge in [0.2, 0.25) is 0 Å². The van der Waals surface area contributed by atoms with Crippen LogP contribution in [0.4, 0.5) is 10.1 Å². The first-order chi connectivity index (χ1) is 12.4. The van der Waals surface area contributed by atoms with Crippen LogP contribution < -0.4 is 15.4 Å². The Morgan fingerprint density at radius 2 is 2.00 bits per heavy atom. The molecule has 0 aromatic heterocycles. The van der Waals surface area contributed by atoms with E-state index >= 15 is 0 Å². The number of amides is 1. The number of hydrogen-bond acceptors (Lipinski definition) is 3. The molecule has 0 atom stereocenters. The van der Waals surface area contributed by atoms with Gasteiger partial charge < -0.3 is 10.1 Å². The second-order valence-corrected chi connectivity index (χ2v) is 7.38. The summed E-state index contributed by atoms with van der Waals surface area (Å²) < 4.78 is 20.2. The normalized spacial score (nSPS) is 10.5. The van der Waals surface area contributed by atoms with Crippen molar-refractivity contribution in [3.05, 3.63) is 58.3 Å². The van der Waals surface area contributed by atoms with Crippen molar-refractivity contribution in [2.24, 2.45) is 5.92 Å². The number of carbonyl (C=O) groups is 1. The fourth-order valence-electron chi connectivity index (χ4n) is 2.10. The third-order valence-corrected chi connectivity index (χ3v) is 4.19. The monoisotopic (exact) mass is 438 g/mol. The van der Waals surface area contributed by atoms with E-state index in [1.54, 1.807) is 30.3 Å². The molecule has 0 radical (unpaired) electrons. The zero-order valence-electron chi connectivity index (χ0n) is 14.5. The van der Waals surface area contributed by atoms with Crippen molar-refractivity contribution in [1.29, 1.82) is 0 Å². The van der Waals surface area contributed by atoms with Crippen LogP contribution in [-0.2, 0) is 0 Å². The average molecular weight is 439 g/mol. The predicted molar refractivity (Wildman–Crippen MR) is 109 cm³/mol. The van der Waals surface area contributed by atoms with Gasteiger partial charge in [0.1, 0.15) is 11.6 Å². The van der Waals surface area contributed by atoms with Crippen molar-refractivity contribution in [2.45, 2.75) is 20.3 Å². The third-order valence-electron chi connectivity index (χ3n) is 3.49. The van der Waals surface area contributed by atoms with Gasteiger partial charge in [-0.25, -0.2) is 4.39 Å². The fraction of sp³-hybridized carbons (Fsp3) is 0.263. The topological polar surface area (TPSA) is 50.4 Å². The van der Waals surface area contributed by atoms with Crippen LogP contribution in [0.1, 0.15) is 30.6 Å². The molecule has 0 heterocycles. The van der Waals surface area contributed by atoms with Crippen LogP contribution in [0.25, 0.3) is 0 Å². The minimum absolute atomic E-state index is 0.00760. The van der Waals surface area contributed by atoms with Crippen LogP contribution in [0.15, 0.2) is 46.9 Å². The van der Waals surface area contributed by atoms with Crippen LogP contribution in [0, 0.1) is 11.7 Å². The SMILES string of the molecule is CC(C)CCOc1ccc(Br)cc1C(=O)NC(=S)Nc1ccccc1F. The van der Waals surface area contributed by atoms with Crippen molar-refractivity contribution in [3.63, 3.8) is 0 Å². The molecule has 2 aromatic rings. The minimum atomic E-state index is -0.454. The van der Waals surface area contributed by atoms with Gasteiger partial charge in [-0.3, -0.25) is 10.1 Å². The minimum Gasteiger partial charge on any atom is -0.493 e. The molecule has 2 N–H and O–H groups in total. The number of rotatable bonds is 6. The largest absolute Gasteiger partial charge is 0.493 e. The quantitative estimate of drug-likeness (QED) is 0.612. The van der Waals surface area contributed by atoms with E-state index in [4.69, 9.17) is 17.0 Å². The molecule has 0 spiro atoms. The van der Waals surface area contributed by atoms with Gasteiger partial charge >= 0.3 is 0 Å². The lowest BCUT2D eigenvalue weighted by Crippen LogP contribution is -2.34. The maximum atomic E-state index is 13.7. The zero-order chi connectivity index (χ0) is 19.1. The summed E-state index contributed by atoms with van der Waals surface area (Å²) in [7, 11) is 0. The van der Waals surface area contributed by atoms with Crippen molar-refractivity contribution < 1.29 is 13.9 Å². The van der Waals surface area contributed by atoms with E-state index in [2.05, 4.69) is 40.4 Å². The number of para-hydroxylation sites is 1. The van der Waals surface area contributed by atoms with E-state index in [1.807, 2.05) is 0 Å². The van der Waals surface area contributed by atoms with Gasteiger partial charge in [-0.2, -0.15) is 0 Å². The maximum absolute atomic E-state index is 13.7. The summed E-state index contributed by atoms with van der Waals surface area (Å²) in [4.78, 5) is 12.6. The average Bonchev–Trinajstić information content (AvgIpc) is 2.57. The maximum Gasteiger partial charge on any atom is 0.261 e. The Kier molecular flexibility index (Phi) is 7.53. The van der Waals surface area contributed by atoms with Crippen molar-refractivity contribution in [3.8, 4) is 5.75 Å². The van der Waals surface area contributed by atoms with Crippen LogP contribution >= 0.6 is 28.1 Å². The molecule has 0 bridgehead atoms. The highest BCUT2D eigenvalue weighted by Gasteiger charge is 2.15. The third kappa shape index (κ3) is 6.07. The fourth-order valence-corrected chi connectivity index (χ4v) is 2.66. The molecule has 2 rings (SSSR count). The Balaban J connectivity index is 2.07. The molecule has 4 nitrogen and oxygen atoms in total. The Morgan fingerprint density at radius 3 is 2.69 bits per heavy atom. The molecule has 0 aliphatic carbocycles. The highest BCUT2D eigenvalue weighted by molar-refractivity contribution is 9.10. The molecule has 2 aromatic carbocycles. The molecule has 0 aliphatic rings. The molecule has 0 aliphatic heterocycles. The van der Waals surface area contributed by atoms with Gasteiger partial charge in [0, 0.05) is 4.47 Å². The summed E-state index contributed by atoms with van der Waals surface area (Å²) in [5.74, 6) is 0.0873. The molecule has 7 heteroatoms. The van der Waals surface area contributed by atoms with E-state index < -0.39 is 11.7 Å². The van der Waals surface area contributed by atoms with Gasteiger partial charge in [-0.05, 0) is 54.9 Å². The summed E-state index contributed by atoms with van der Waals surface area (Å²) >= 11 is 8.46. The van der Waals surface area contributed by atoms with E-state index in [-0.39, 0.29) is 10.8 Å². The van der Waals surface area contributed by atoms with Crippen LogP contribution in [0.5, 0.6) is 5.75 Å². The summed E-state index contributed by atoms with van der Waals surface area (Å²) in [6, 6.07) is 11.3. The zero-order valence-corrected chi connectivity index (χ0v) is 16.9. The molecule has 0 saturated carbocycles. The Morgan fingerprint density at radius 1 is 1.27 bits per heavy atom. The van der Waals surface area contributed by atoms with E-state index in [9.17, 15) is 9.18 Å². The van der Waals surface area contributed by atoms with Gasteiger partial charge in [-0.1, -0.05) is 41.9 Å². The molecule has 138 valence electrons. The van der Waals surface area contributed by atoms with Gasteiger partial charge in [-0.15, -0.1) is 0 Å². The predicted octanol–water partition coefficient (Wildman–Crippen LogP) is 5.14. The lowest BCUT2D eigenvalue weighted by molar-refractivity contribution is 0.0973. The number of thiocarbonyl (C=S) groups is 1. The summed E-state index contributed by atoms with van der Waals surface area (Å²) in [6.45, 7) is 4.72. The van der Waals surface area contributed by atoms with Gasteiger partial charge in [0.05, 0.1) is 17.9 Å². The van der Waals surface area contributed by atoms with Crippen molar-refractivity contribution >= 4 is 44.9 Å². The van der Waals surface area contributed by atoms with E-state index in [1.165, 1.54) is 12.1 Å². The van der Waals surface area contributed by atoms with Crippen molar-refractivity contribution in [1.82, 2.24) is 5.32 Å². The lowest BCUT2D eigenvalue weighted by atomic mass is 10.1. The Hall–Kier alpha value is -1.99. The molecule has 1 amide bonds. The number of benzene rings is 2. The first-order valence-corrected chi connectivity index (χ1v) is 9.36. The molecule has 26 heavy (non-hydrogen) atoms. The highest BCUT2D eigenvalue weighted by atomic mass is 79.9. The van der Waals surface area contributed by atoms with E-state index in [0.717, 1.165) is 10.9 Å². The first-order valence-electron chi connectivity index (χ1n) is 8.16.